The van der Waals surface area contributed by atoms with Crippen molar-refractivity contribution >= 4 is 11.5 Å². The van der Waals surface area contributed by atoms with Crippen molar-refractivity contribution in [1.29, 1.82) is 0 Å². The summed E-state index contributed by atoms with van der Waals surface area (Å²) in [6.07, 6.45) is 2.54. The second-order valence-corrected chi connectivity index (χ2v) is 4.12. The van der Waals surface area contributed by atoms with Crippen molar-refractivity contribution in [2.75, 3.05) is 12.4 Å². The molecule has 1 fully saturated rings. The first-order valence-corrected chi connectivity index (χ1v) is 5.68. The van der Waals surface area contributed by atoms with Crippen LogP contribution in [0.3, 0.4) is 0 Å². The predicted molar refractivity (Wildman–Crippen MR) is 63.5 cm³/mol. The highest BCUT2D eigenvalue weighted by Gasteiger charge is 2.31. The van der Waals surface area contributed by atoms with E-state index in [1.165, 1.54) is 0 Å². The largest absolute Gasteiger partial charge is 0.379 e. The summed E-state index contributed by atoms with van der Waals surface area (Å²) >= 11 is 0. The van der Waals surface area contributed by atoms with Crippen LogP contribution in [0.2, 0.25) is 0 Å². The molecule has 0 saturated heterocycles. The van der Waals surface area contributed by atoms with Gasteiger partial charge in [0.25, 0.3) is 0 Å². The van der Waals surface area contributed by atoms with E-state index in [4.69, 9.17) is 4.74 Å². The number of anilines is 1. The van der Waals surface area contributed by atoms with Gasteiger partial charge in [0.1, 0.15) is 6.04 Å². The maximum absolute atomic E-state index is 11.8. The molecule has 2 atom stereocenters. The quantitative estimate of drug-likeness (QED) is 0.847. The fourth-order valence-electron chi connectivity index (χ4n) is 2.15. The van der Waals surface area contributed by atoms with Crippen LogP contribution in [0.15, 0.2) is 30.3 Å². The Morgan fingerprint density at radius 2 is 2.06 bits per heavy atom. The number of rotatable bonds is 3. The van der Waals surface area contributed by atoms with E-state index in [0.29, 0.717) is 6.42 Å². The van der Waals surface area contributed by atoms with Crippen LogP contribution >= 0.6 is 0 Å². The molecule has 2 rings (SSSR count). The molecule has 0 heterocycles. The van der Waals surface area contributed by atoms with Crippen LogP contribution in [0.5, 0.6) is 0 Å². The average Bonchev–Trinajstić information content (AvgIpc) is 2.33. The van der Waals surface area contributed by atoms with Crippen LogP contribution < -0.4 is 5.32 Å². The molecule has 1 aromatic rings. The van der Waals surface area contributed by atoms with Crippen molar-refractivity contribution in [3.05, 3.63) is 30.3 Å². The minimum Gasteiger partial charge on any atom is -0.379 e. The maximum atomic E-state index is 11.8. The SMILES string of the molecule is COC1CCCC(=O)C1Nc1ccccc1. The number of ether oxygens (including phenoxy) is 1. The summed E-state index contributed by atoms with van der Waals surface area (Å²) in [6, 6.07) is 9.61. The van der Waals surface area contributed by atoms with Gasteiger partial charge in [-0.1, -0.05) is 18.2 Å². The molecule has 1 aromatic carbocycles. The minimum absolute atomic E-state index is 0.00135. The summed E-state index contributed by atoms with van der Waals surface area (Å²) in [7, 11) is 1.67. The van der Waals surface area contributed by atoms with Crippen molar-refractivity contribution in [1.82, 2.24) is 0 Å². The molecule has 0 aliphatic heterocycles. The van der Waals surface area contributed by atoms with Gasteiger partial charge < -0.3 is 10.1 Å². The molecule has 1 aliphatic carbocycles. The average molecular weight is 219 g/mol. The Morgan fingerprint density at radius 3 is 2.75 bits per heavy atom. The first-order chi connectivity index (χ1) is 7.81. The third-order valence-corrected chi connectivity index (χ3v) is 3.03. The normalized spacial score (nSPS) is 25.4. The van der Waals surface area contributed by atoms with E-state index in [1.54, 1.807) is 7.11 Å². The van der Waals surface area contributed by atoms with Crippen molar-refractivity contribution in [2.45, 2.75) is 31.4 Å². The van der Waals surface area contributed by atoms with Gasteiger partial charge in [0, 0.05) is 19.2 Å². The molecule has 0 radical (unpaired) electrons. The summed E-state index contributed by atoms with van der Waals surface area (Å²) in [4.78, 5) is 11.8. The molecule has 0 amide bonds. The Balaban J connectivity index is 2.08. The van der Waals surface area contributed by atoms with E-state index >= 15 is 0 Å². The zero-order valence-corrected chi connectivity index (χ0v) is 9.48. The highest BCUT2D eigenvalue weighted by Crippen LogP contribution is 2.21. The maximum Gasteiger partial charge on any atom is 0.157 e. The number of carbonyl (C=O) groups is 1. The molecule has 86 valence electrons. The molecular formula is C13H17NO2. The molecule has 0 aromatic heterocycles. The lowest BCUT2D eigenvalue weighted by molar-refractivity contribution is -0.125. The van der Waals surface area contributed by atoms with Crippen LogP contribution in [-0.2, 0) is 9.53 Å². The van der Waals surface area contributed by atoms with Crippen LogP contribution in [0.25, 0.3) is 0 Å². The van der Waals surface area contributed by atoms with Crippen molar-refractivity contribution < 1.29 is 9.53 Å². The van der Waals surface area contributed by atoms with E-state index in [0.717, 1.165) is 18.5 Å². The second kappa shape index (κ2) is 5.12. The molecule has 1 N–H and O–H groups in total. The Morgan fingerprint density at radius 1 is 1.31 bits per heavy atom. The standard InChI is InChI=1S/C13H17NO2/c1-16-12-9-5-8-11(15)13(12)14-10-6-3-2-4-7-10/h2-4,6-7,12-14H,5,8-9H2,1H3. The van der Waals surface area contributed by atoms with Gasteiger partial charge in [0.15, 0.2) is 5.78 Å². The van der Waals surface area contributed by atoms with Crippen LogP contribution in [0.4, 0.5) is 5.69 Å². The van der Waals surface area contributed by atoms with E-state index in [1.807, 2.05) is 30.3 Å². The summed E-state index contributed by atoms with van der Waals surface area (Å²) in [5.74, 6) is 0.252. The topological polar surface area (TPSA) is 38.3 Å². The van der Waals surface area contributed by atoms with Gasteiger partial charge in [0.05, 0.1) is 6.10 Å². The molecule has 1 saturated carbocycles. The molecule has 16 heavy (non-hydrogen) atoms. The van der Waals surface area contributed by atoms with Crippen LogP contribution in [0, 0.1) is 0 Å². The number of carbonyl (C=O) groups excluding carboxylic acids is 1. The molecule has 0 bridgehead atoms. The number of benzene rings is 1. The molecule has 3 nitrogen and oxygen atoms in total. The third kappa shape index (κ3) is 2.42. The third-order valence-electron chi connectivity index (χ3n) is 3.03. The zero-order valence-electron chi connectivity index (χ0n) is 9.48. The second-order valence-electron chi connectivity index (χ2n) is 4.12. The van der Waals surface area contributed by atoms with Crippen LogP contribution in [-0.4, -0.2) is 25.0 Å². The number of hydrogen-bond donors (Lipinski definition) is 1. The van der Waals surface area contributed by atoms with Crippen LogP contribution in [0.1, 0.15) is 19.3 Å². The summed E-state index contributed by atoms with van der Waals surface area (Å²) in [5, 5.41) is 3.26. The zero-order chi connectivity index (χ0) is 11.4. The molecule has 1 aliphatic rings. The van der Waals surface area contributed by atoms with E-state index in [-0.39, 0.29) is 17.9 Å². The molecule has 2 unspecified atom stereocenters. The number of para-hydroxylation sites is 1. The van der Waals surface area contributed by atoms with E-state index in [2.05, 4.69) is 5.32 Å². The fourth-order valence-corrected chi connectivity index (χ4v) is 2.15. The smallest absolute Gasteiger partial charge is 0.157 e. The predicted octanol–water partition coefficient (Wildman–Crippen LogP) is 2.24. The van der Waals surface area contributed by atoms with Crippen molar-refractivity contribution in [2.24, 2.45) is 0 Å². The van der Waals surface area contributed by atoms with Gasteiger partial charge in [-0.25, -0.2) is 0 Å². The number of Topliss-reactive ketones (excluding diaryl/α,β-unsaturated/α-hetero) is 1. The molecular weight excluding hydrogens is 202 g/mol. The van der Waals surface area contributed by atoms with E-state index in [9.17, 15) is 4.79 Å². The van der Waals surface area contributed by atoms with Gasteiger partial charge >= 0.3 is 0 Å². The Kier molecular flexibility index (Phi) is 3.57. The minimum atomic E-state index is -0.193. The fraction of sp³-hybridized carbons (Fsp3) is 0.462. The number of ketones is 1. The van der Waals surface area contributed by atoms with Crippen molar-refractivity contribution in [3.8, 4) is 0 Å². The Bertz CT molecular complexity index is 350. The molecule has 3 heteroatoms. The van der Waals surface area contributed by atoms with Gasteiger partial charge in [-0.05, 0) is 25.0 Å². The lowest BCUT2D eigenvalue weighted by Gasteiger charge is -2.30. The molecule has 0 spiro atoms. The highest BCUT2D eigenvalue weighted by molar-refractivity contribution is 5.88. The Hall–Kier alpha value is -1.35. The van der Waals surface area contributed by atoms with Crippen molar-refractivity contribution in [3.63, 3.8) is 0 Å². The van der Waals surface area contributed by atoms with Gasteiger partial charge in [-0.2, -0.15) is 0 Å². The van der Waals surface area contributed by atoms with Gasteiger partial charge in [-0.15, -0.1) is 0 Å². The first kappa shape index (κ1) is 11.1. The van der Waals surface area contributed by atoms with E-state index < -0.39 is 0 Å². The van der Waals surface area contributed by atoms with Gasteiger partial charge in [0.2, 0.25) is 0 Å². The van der Waals surface area contributed by atoms with Gasteiger partial charge in [-0.3, -0.25) is 4.79 Å². The monoisotopic (exact) mass is 219 g/mol. The highest BCUT2D eigenvalue weighted by atomic mass is 16.5. The lowest BCUT2D eigenvalue weighted by atomic mass is 9.91. The number of nitrogens with one attached hydrogen (secondary N) is 1. The number of hydrogen-bond acceptors (Lipinski definition) is 3. The summed E-state index contributed by atoms with van der Waals surface area (Å²) in [5.41, 5.74) is 0.977. The first-order valence-electron chi connectivity index (χ1n) is 5.68. The Labute approximate surface area is 95.8 Å². The summed E-state index contributed by atoms with van der Waals surface area (Å²) in [6.45, 7) is 0. The lowest BCUT2D eigenvalue weighted by Crippen LogP contribution is -2.44. The summed E-state index contributed by atoms with van der Waals surface area (Å²) < 4.78 is 5.36. The number of methoxy groups -OCH3 is 1.